The van der Waals surface area contributed by atoms with E-state index in [1.165, 1.54) is 29.5 Å². The van der Waals surface area contributed by atoms with Crippen LogP contribution in [0, 0.1) is 6.92 Å². The van der Waals surface area contributed by atoms with Crippen LogP contribution in [0.1, 0.15) is 77.8 Å². The zero-order valence-corrected chi connectivity index (χ0v) is 22.8. The average Bonchev–Trinajstić information content (AvgIpc) is 3.37. The first-order valence-corrected chi connectivity index (χ1v) is 13.7. The predicted molar refractivity (Wildman–Crippen MR) is 152 cm³/mol. The third-order valence-corrected chi connectivity index (χ3v) is 7.35. The van der Waals surface area contributed by atoms with E-state index in [1.807, 2.05) is 25.1 Å². The van der Waals surface area contributed by atoms with Crippen molar-refractivity contribution in [2.75, 3.05) is 6.54 Å². The van der Waals surface area contributed by atoms with E-state index < -0.39 is 0 Å². The maximum absolute atomic E-state index is 13.1. The van der Waals surface area contributed by atoms with Crippen LogP contribution in [-0.4, -0.2) is 17.6 Å². The van der Waals surface area contributed by atoms with Crippen molar-refractivity contribution in [3.63, 3.8) is 0 Å². The molecule has 0 radical (unpaired) electrons. The molecule has 1 aliphatic rings. The number of hydrogen-bond acceptors (Lipinski definition) is 4. The summed E-state index contributed by atoms with van der Waals surface area (Å²) in [7, 11) is 0. The minimum Gasteiger partial charge on any atom is -0.488 e. The summed E-state index contributed by atoms with van der Waals surface area (Å²) in [5.41, 5.74) is 8.96. The molecular formula is C33H36N2O3. The fraction of sp³-hybridized carbons (Fsp3) is 0.333. The van der Waals surface area contributed by atoms with E-state index in [-0.39, 0.29) is 5.91 Å². The van der Waals surface area contributed by atoms with Gasteiger partial charge in [-0.15, -0.1) is 0 Å². The molecule has 0 unspecified atom stereocenters. The third-order valence-electron chi connectivity index (χ3n) is 7.35. The molecule has 0 aliphatic heterocycles. The van der Waals surface area contributed by atoms with Crippen LogP contribution in [-0.2, 0) is 19.4 Å². The number of nitrogens with zero attached hydrogens (tertiary/aromatic N) is 1. The van der Waals surface area contributed by atoms with Gasteiger partial charge in [-0.25, -0.2) is 0 Å². The molecule has 1 N–H and O–H groups in total. The number of amides is 1. The van der Waals surface area contributed by atoms with Crippen molar-refractivity contribution in [1.82, 2.24) is 10.5 Å². The number of carbonyl (C=O) groups is 1. The number of aromatic nitrogens is 1. The Morgan fingerprint density at radius 3 is 2.53 bits per heavy atom. The van der Waals surface area contributed by atoms with E-state index in [0.717, 1.165) is 35.1 Å². The molecule has 0 saturated carbocycles. The number of fused-ring (bicyclic) bond motifs is 1. The Morgan fingerprint density at radius 1 is 1.03 bits per heavy atom. The Bertz CT molecular complexity index is 1440. The van der Waals surface area contributed by atoms with Crippen molar-refractivity contribution in [3.05, 3.63) is 94.2 Å². The summed E-state index contributed by atoms with van der Waals surface area (Å²) >= 11 is 0. The second kappa shape index (κ2) is 11.3. The molecule has 196 valence electrons. The summed E-state index contributed by atoms with van der Waals surface area (Å²) in [6.07, 6.45) is 4.55. The molecule has 0 saturated heterocycles. The second-order valence-corrected chi connectivity index (χ2v) is 10.4. The fourth-order valence-corrected chi connectivity index (χ4v) is 5.38. The van der Waals surface area contributed by atoms with Crippen molar-refractivity contribution < 1.29 is 14.1 Å². The summed E-state index contributed by atoms with van der Waals surface area (Å²) in [5.74, 6) is 1.36. The highest BCUT2D eigenvalue weighted by molar-refractivity contribution is 6.02. The van der Waals surface area contributed by atoms with E-state index in [2.05, 4.69) is 73.7 Å². The minimum absolute atomic E-state index is 0.238. The van der Waals surface area contributed by atoms with Gasteiger partial charge in [0.25, 0.3) is 5.91 Å². The Kier molecular flexibility index (Phi) is 7.64. The Hall–Kier alpha value is -3.86. The largest absolute Gasteiger partial charge is 0.488 e. The average molecular weight is 509 g/mol. The van der Waals surface area contributed by atoms with E-state index in [4.69, 9.17) is 9.26 Å². The summed E-state index contributed by atoms with van der Waals surface area (Å²) in [6, 6.07) is 20.9. The van der Waals surface area contributed by atoms with Crippen LogP contribution in [0.5, 0.6) is 5.75 Å². The van der Waals surface area contributed by atoms with Gasteiger partial charge >= 0.3 is 0 Å². The monoisotopic (exact) mass is 508 g/mol. The van der Waals surface area contributed by atoms with Crippen LogP contribution in [0.3, 0.4) is 0 Å². The highest BCUT2D eigenvalue weighted by atomic mass is 16.5. The third kappa shape index (κ3) is 5.24. The number of ether oxygens (including phenoxy) is 1. The van der Waals surface area contributed by atoms with Gasteiger partial charge in [0.05, 0.1) is 11.1 Å². The molecule has 0 spiro atoms. The van der Waals surface area contributed by atoms with Crippen LogP contribution >= 0.6 is 0 Å². The molecule has 0 fully saturated rings. The van der Waals surface area contributed by atoms with E-state index >= 15 is 0 Å². The van der Waals surface area contributed by atoms with Gasteiger partial charge in [0, 0.05) is 6.54 Å². The molecule has 1 amide bonds. The van der Waals surface area contributed by atoms with E-state index in [9.17, 15) is 4.79 Å². The molecule has 38 heavy (non-hydrogen) atoms. The Balaban J connectivity index is 1.67. The maximum atomic E-state index is 13.1. The zero-order valence-electron chi connectivity index (χ0n) is 22.8. The van der Waals surface area contributed by atoms with Gasteiger partial charge in [-0.2, -0.15) is 0 Å². The summed E-state index contributed by atoms with van der Waals surface area (Å²) in [5, 5.41) is 7.22. The lowest BCUT2D eigenvalue weighted by atomic mass is 9.87. The lowest BCUT2D eigenvalue weighted by Gasteiger charge is -2.18. The van der Waals surface area contributed by atoms with E-state index in [0.29, 0.717) is 41.8 Å². The highest BCUT2D eigenvalue weighted by Crippen LogP contribution is 2.43. The van der Waals surface area contributed by atoms with Gasteiger partial charge in [-0.05, 0) is 91.0 Å². The number of hydrogen-bond donors (Lipinski definition) is 1. The van der Waals surface area contributed by atoms with Crippen molar-refractivity contribution in [1.29, 1.82) is 0 Å². The normalized spacial score (nSPS) is 12.9. The first-order valence-electron chi connectivity index (χ1n) is 13.7. The summed E-state index contributed by atoms with van der Waals surface area (Å²) in [6.45, 7) is 9.32. The molecule has 1 heterocycles. The standard InChI is InChI=1S/C33H36N2O3/c1-5-34-33(36)31-30(26-16-15-24-13-9-10-14-25(24)18-26)32(38-35-31)28-19-27(21(2)3)22(4)17-29(28)37-20-23-11-7-6-8-12-23/h6-8,11-12,15-19,21H,5,9-10,13-14,20H2,1-4H3,(H,34,36). The van der Waals surface area contributed by atoms with Gasteiger partial charge in [0.2, 0.25) is 0 Å². The molecule has 1 aromatic heterocycles. The predicted octanol–water partition coefficient (Wildman–Crippen LogP) is 7.65. The molecule has 4 aromatic rings. The topological polar surface area (TPSA) is 64.4 Å². The van der Waals surface area contributed by atoms with Crippen molar-refractivity contribution in [2.24, 2.45) is 0 Å². The van der Waals surface area contributed by atoms with Crippen LogP contribution in [0.4, 0.5) is 0 Å². The second-order valence-electron chi connectivity index (χ2n) is 10.4. The van der Waals surface area contributed by atoms with Crippen molar-refractivity contribution >= 4 is 5.91 Å². The number of carbonyl (C=O) groups excluding carboxylic acids is 1. The van der Waals surface area contributed by atoms with Gasteiger partial charge < -0.3 is 14.6 Å². The number of nitrogens with one attached hydrogen (secondary N) is 1. The maximum Gasteiger partial charge on any atom is 0.274 e. The van der Waals surface area contributed by atoms with Crippen LogP contribution in [0.15, 0.2) is 65.2 Å². The summed E-state index contributed by atoms with van der Waals surface area (Å²) < 4.78 is 12.4. The highest BCUT2D eigenvalue weighted by Gasteiger charge is 2.28. The van der Waals surface area contributed by atoms with Crippen LogP contribution in [0.2, 0.25) is 0 Å². The SMILES string of the molecule is CCNC(=O)c1noc(-c2cc(C(C)C)c(C)cc2OCc2ccccc2)c1-c1ccc2c(c1)CCCC2. The first kappa shape index (κ1) is 25.8. The molecule has 1 aliphatic carbocycles. The van der Waals surface area contributed by atoms with Crippen LogP contribution < -0.4 is 10.1 Å². The number of rotatable bonds is 8. The van der Waals surface area contributed by atoms with Gasteiger partial charge in [0.1, 0.15) is 12.4 Å². The van der Waals surface area contributed by atoms with Gasteiger partial charge in [-0.1, -0.05) is 67.5 Å². The summed E-state index contributed by atoms with van der Waals surface area (Å²) in [4.78, 5) is 13.1. The quantitative estimate of drug-likeness (QED) is 0.265. The molecule has 0 bridgehead atoms. The smallest absolute Gasteiger partial charge is 0.274 e. The van der Waals surface area contributed by atoms with Gasteiger partial charge in [-0.3, -0.25) is 4.79 Å². The molecule has 5 rings (SSSR count). The molecule has 5 heteroatoms. The van der Waals surface area contributed by atoms with Gasteiger partial charge in [0.15, 0.2) is 11.5 Å². The molecule has 3 aromatic carbocycles. The molecular weight excluding hydrogens is 472 g/mol. The number of benzene rings is 3. The fourth-order valence-electron chi connectivity index (χ4n) is 5.38. The first-order chi connectivity index (χ1) is 18.5. The number of aryl methyl sites for hydroxylation is 3. The molecule has 0 atom stereocenters. The lowest BCUT2D eigenvalue weighted by molar-refractivity contribution is 0.0947. The van der Waals surface area contributed by atoms with Crippen molar-refractivity contribution in [3.8, 4) is 28.2 Å². The minimum atomic E-state index is -0.238. The molecule has 5 nitrogen and oxygen atoms in total. The Labute approximate surface area is 225 Å². The van der Waals surface area contributed by atoms with Crippen LogP contribution in [0.25, 0.3) is 22.5 Å². The van der Waals surface area contributed by atoms with E-state index in [1.54, 1.807) is 0 Å². The Morgan fingerprint density at radius 2 is 1.79 bits per heavy atom. The zero-order chi connectivity index (χ0) is 26.6. The lowest BCUT2D eigenvalue weighted by Crippen LogP contribution is -2.23. The van der Waals surface area contributed by atoms with Crippen molar-refractivity contribution in [2.45, 2.75) is 65.9 Å².